The van der Waals surface area contributed by atoms with Crippen LogP contribution < -0.4 is 5.32 Å². The zero-order valence-corrected chi connectivity index (χ0v) is 13.9. The maximum absolute atomic E-state index is 12.3. The summed E-state index contributed by atoms with van der Waals surface area (Å²) in [6.45, 7) is 4.29. The first-order valence-corrected chi connectivity index (χ1v) is 7.87. The third-order valence-corrected chi connectivity index (χ3v) is 3.92. The van der Waals surface area contributed by atoms with Crippen molar-refractivity contribution in [3.8, 4) is 6.07 Å². The standard InChI is InChI=1S/C16H23N3O5/c1-10(2)7-13(16(23)24)18-9-12(8-17)14(20)19-5-3-11(4-6-19)15(21)22/h9-11,13,18H,3-7H2,1-2H3,(H,21,22)(H,23,24)/b12-9-. The fourth-order valence-corrected chi connectivity index (χ4v) is 2.54. The number of rotatable bonds is 7. The van der Waals surface area contributed by atoms with Gasteiger partial charge < -0.3 is 20.4 Å². The van der Waals surface area contributed by atoms with E-state index in [1.54, 1.807) is 6.07 Å². The van der Waals surface area contributed by atoms with E-state index in [-0.39, 0.29) is 24.6 Å². The molecule has 0 radical (unpaired) electrons. The third kappa shape index (κ3) is 5.57. The van der Waals surface area contributed by atoms with Crippen molar-refractivity contribution < 1.29 is 24.6 Å². The van der Waals surface area contributed by atoms with E-state index in [1.165, 1.54) is 4.90 Å². The number of hydrogen-bond acceptors (Lipinski definition) is 5. The van der Waals surface area contributed by atoms with Crippen molar-refractivity contribution in [1.82, 2.24) is 10.2 Å². The van der Waals surface area contributed by atoms with Crippen LogP contribution in [-0.2, 0) is 14.4 Å². The van der Waals surface area contributed by atoms with E-state index in [2.05, 4.69) is 5.32 Å². The van der Waals surface area contributed by atoms with Crippen molar-refractivity contribution in [2.45, 2.75) is 39.2 Å². The monoisotopic (exact) mass is 337 g/mol. The molecular formula is C16H23N3O5. The summed E-state index contributed by atoms with van der Waals surface area (Å²) in [6, 6.07) is 0.903. The SMILES string of the molecule is CC(C)CC(N/C=C(/C#N)C(=O)N1CCC(C(=O)O)CC1)C(=O)O. The van der Waals surface area contributed by atoms with Gasteiger partial charge in [-0.25, -0.2) is 4.79 Å². The number of amides is 1. The molecule has 8 nitrogen and oxygen atoms in total. The Morgan fingerprint density at radius 2 is 1.88 bits per heavy atom. The highest BCUT2D eigenvalue weighted by molar-refractivity contribution is 5.97. The highest BCUT2D eigenvalue weighted by Crippen LogP contribution is 2.18. The Kier molecular flexibility index (Phi) is 7.24. The first-order chi connectivity index (χ1) is 11.3. The highest BCUT2D eigenvalue weighted by atomic mass is 16.4. The molecule has 8 heteroatoms. The number of hydrogen-bond donors (Lipinski definition) is 3. The van der Waals surface area contributed by atoms with Crippen molar-refractivity contribution >= 4 is 17.8 Å². The molecule has 1 amide bonds. The minimum Gasteiger partial charge on any atom is -0.481 e. The molecule has 0 spiro atoms. The quantitative estimate of drug-likeness (QED) is 0.462. The smallest absolute Gasteiger partial charge is 0.326 e. The Morgan fingerprint density at radius 1 is 1.29 bits per heavy atom. The van der Waals surface area contributed by atoms with Crippen molar-refractivity contribution in [2.75, 3.05) is 13.1 Å². The molecule has 0 aromatic rings. The number of carboxylic acids is 2. The molecule has 1 aliphatic heterocycles. The van der Waals surface area contributed by atoms with Crippen molar-refractivity contribution in [1.29, 1.82) is 5.26 Å². The summed E-state index contributed by atoms with van der Waals surface area (Å²) < 4.78 is 0. The summed E-state index contributed by atoms with van der Waals surface area (Å²) in [4.78, 5) is 35.8. The third-order valence-electron chi connectivity index (χ3n) is 3.92. The van der Waals surface area contributed by atoms with Gasteiger partial charge in [0.05, 0.1) is 5.92 Å². The fourth-order valence-electron chi connectivity index (χ4n) is 2.54. The van der Waals surface area contributed by atoms with Crippen LogP contribution in [0, 0.1) is 23.2 Å². The van der Waals surface area contributed by atoms with E-state index in [0.29, 0.717) is 19.3 Å². The van der Waals surface area contributed by atoms with Crippen LogP contribution in [0.2, 0.25) is 0 Å². The number of nitrogens with zero attached hydrogens (tertiary/aromatic N) is 2. The Labute approximate surface area is 140 Å². The van der Waals surface area contributed by atoms with E-state index in [0.717, 1.165) is 6.20 Å². The highest BCUT2D eigenvalue weighted by Gasteiger charge is 2.28. The van der Waals surface area contributed by atoms with Gasteiger partial charge in [-0.15, -0.1) is 0 Å². The van der Waals surface area contributed by atoms with E-state index in [9.17, 15) is 14.4 Å². The molecule has 1 atom stereocenters. The number of piperidine rings is 1. The molecule has 24 heavy (non-hydrogen) atoms. The molecule has 132 valence electrons. The molecule has 1 heterocycles. The van der Waals surface area contributed by atoms with Gasteiger partial charge in [-0.1, -0.05) is 13.8 Å². The Morgan fingerprint density at radius 3 is 2.29 bits per heavy atom. The Bertz CT molecular complexity index is 557. The number of carboxylic acid groups (broad SMARTS) is 2. The number of aliphatic carboxylic acids is 2. The molecule has 0 aromatic heterocycles. The minimum absolute atomic E-state index is 0.142. The second kappa shape index (κ2) is 8.91. The van der Waals surface area contributed by atoms with E-state index in [4.69, 9.17) is 15.5 Å². The summed E-state index contributed by atoms with van der Waals surface area (Å²) in [7, 11) is 0. The molecule has 0 aliphatic carbocycles. The maximum atomic E-state index is 12.3. The first kappa shape index (κ1) is 19.5. The summed E-state index contributed by atoms with van der Waals surface area (Å²) in [6.07, 6.45) is 2.20. The lowest BCUT2D eigenvalue weighted by Crippen LogP contribution is -2.41. The predicted octanol–water partition coefficient (Wildman–Crippen LogP) is 0.806. The lowest BCUT2D eigenvalue weighted by atomic mass is 9.97. The van der Waals surface area contributed by atoms with Crippen LogP contribution in [0.25, 0.3) is 0 Å². The van der Waals surface area contributed by atoms with E-state index in [1.807, 2.05) is 13.8 Å². The number of carbonyl (C=O) groups excluding carboxylic acids is 1. The summed E-state index contributed by atoms with van der Waals surface area (Å²) in [5.41, 5.74) is -0.182. The summed E-state index contributed by atoms with van der Waals surface area (Å²) in [5.74, 6) is -2.76. The largest absolute Gasteiger partial charge is 0.481 e. The first-order valence-electron chi connectivity index (χ1n) is 7.87. The van der Waals surface area contributed by atoms with Crippen LogP contribution in [0.1, 0.15) is 33.1 Å². The molecule has 0 saturated carbocycles. The average Bonchev–Trinajstić information content (AvgIpc) is 2.53. The zero-order valence-electron chi connectivity index (χ0n) is 13.9. The number of nitriles is 1. The van der Waals surface area contributed by atoms with Gasteiger partial charge in [0.25, 0.3) is 5.91 Å². The van der Waals surface area contributed by atoms with Crippen molar-refractivity contribution in [3.63, 3.8) is 0 Å². The molecular weight excluding hydrogens is 314 g/mol. The molecule has 1 saturated heterocycles. The lowest BCUT2D eigenvalue weighted by Gasteiger charge is -2.29. The zero-order chi connectivity index (χ0) is 18.3. The number of nitrogens with one attached hydrogen (secondary N) is 1. The molecule has 3 N–H and O–H groups in total. The van der Waals surface area contributed by atoms with Gasteiger partial charge >= 0.3 is 11.9 Å². The number of carbonyl (C=O) groups is 3. The topological polar surface area (TPSA) is 131 Å². The summed E-state index contributed by atoms with van der Waals surface area (Å²) >= 11 is 0. The van der Waals surface area contributed by atoms with Crippen LogP contribution in [0.15, 0.2) is 11.8 Å². The van der Waals surface area contributed by atoms with Crippen LogP contribution in [0.5, 0.6) is 0 Å². The second-order valence-electron chi connectivity index (χ2n) is 6.26. The van der Waals surface area contributed by atoms with E-state index >= 15 is 0 Å². The molecule has 1 aliphatic rings. The van der Waals surface area contributed by atoms with Crippen LogP contribution in [0.3, 0.4) is 0 Å². The van der Waals surface area contributed by atoms with E-state index < -0.39 is 29.8 Å². The van der Waals surface area contributed by atoms with Crippen LogP contribution in [-0.4, -0.2) is 52.1 Å². The number of likely N-dealkylation sites (tertiary alicyclic amines) is 1. The van der Waals surface area contributed by atoms with Gasteiger partial charge in [-0.05, 0) is 25.2 Å². The fraction of sp³-hybridized carbons (Fsp3) is 0.625. The van der Waals surface area contributed by atoms with Gasteiger partial charge in [0.15, 0.2) is 0 Å². The normalized spacial score (nSPS) is 17.2. The lowest BCUT2D eigenvalue weighted by molar-refractivity contribution is -0.145. The minimum atomic E-state index is -1.05. The average molecular weight is 337 g/mol. The van der Waals surface area contributed by atoms with Gasteiger partial charge in [-0.3, -0.25) is 9.59 Å². The molecule has 0 aromatic carbocycles. The van der Waals surface area contributed by atoms with Crippen LogP contribution in [0.4, 0.5) is 0 Å². The van der Waals surface area contributed by atoms with Gasteiger partial charge in [0, 0.05) is 19.3 Å². The Balaban J connectivity index is 2.71. The van der Waals surface area contributed by atoms with Crippen LogP contribution >= 0.6 is 0 Å². The maximum Gasteiger partial charge on any atom is 0.326 e. The second-order valence-corrected chi connectivity index (χ2v) is 6.26. The molecule has 0 bridgehead atoms. The van der Waals surface area contributed by atoms with Crippen molar-refractivity contribution in [2.24, 2.45) is 11.8 Å². The van der Waals surface area contributed by atoms with Gasteiger partial charge in [0.1, 0.15) is 17.7 Å². The molecule has 1 unspecified atom stereocenters. The molecule has 1 fully saturated rings. The van der Waals surface area contributed by atoms with Crippen molar-refractivity contribution in [3.05, 3.63) is 11.8 Å². The van der Waals surface area contributed by atoms with Gasteiger partial charge in [-0.2, -0.15) is 5.26 Å². The van der Waals surface area contributed by atoms with Gasteiger partial charge in [0.2, 0.25) is 0 Å². The molecule has 1 rings (SSSR count). The summed E-state index contributed by atoms with van der Waals surface area (Å²) in [5, 5.41) is 29.9. The Hall–Kier alpha value is -2.56. The predicted molar refractivity (Wildman–Crippen MR) is 84.7 cm³/mol.